The van der Waals surface area contributed by atoms with E-state index in [-0.39, 0.29) is 11.9 Å². The molecular formula is C20H34FN5. The molecule has 1 aliphatic rings. The number of nitrogens with zero attached hydrogens (tertiary/aromatic N) is 3. The molecule has 1 atom stereocenters. The van der Waals surface area contributed by atoms with E-state index in [0.29, 0.717) is 5.56 Å². The van der Waals surface area contributed by atoms with Crippen LogP contribution >= 0.6 is 0 Å². The number of nitrogens with one attached hydrogen (secondary N) is 2. The number of aryl methyl sites for hydroxylation is 1. The van der Waals surface area contributed by atoms with Gasteiger partial charge in [-0.2, -0.15) is 0 Å². The number of guanidine groups is 1. The van der Waals surface area contributed by atoms with Gasteiger partial charge < -0.3 is 20.4 Å². The zero-order valence-electron chi connectivity index (χ0n) is 16.7. The van der Waals surface area contributed by atoms with Gasteiger partial charge in [0.1, 0.15) is 5.82 Å². The summed E-state index contributed by atoms with van der Waals surface area (Å²) >= 11 is 0. The summed E-state index contributed by atoms with van der Waals surface area (Å²) in [4.78, 5) is 9.23. The molecule has 1 fully saturated rings. The van der Waals surface area contributed by atoms with Gasteiger partial charge in [0.05, 0.1) is 6.04 Å². The second kappa shape index (κ2) is 10.5. The molecule has 0 radical (unpaired) electrons. The maximum absolute atomic E-state index is 13.8. The van der Waals surface area contributed by atoms with Gasteiger partial charge in [0.2, 0.25) is 0 Å². The molecule has 0 spiro atoms. The molecular weight excluding hydrogens is 329 g/mol. The Kier molecular flexibility index (Phi) is 8.32. The minimum Gasteiger partial charge on any atom is -0.356 e. The smallest absolute Gasteiger partial charge is 0.191 e. The van der Waals surface area contributed by atoms with E-state index in [9.17, 15) is 4.39 Å². The number of hydrogen-bond acceptors (Lipinski definition) is 3. The fourth-order valence-electron chi connectivity index (χ4n) is 3.19. The van der Waals surface area contributed by atoms with Crippen LogP contribution in [0.15, 0.2) is 23.2 Å². The summed E-state index contributed by atoms with van der Waals surface area (Å²) in [6, 6.07) is 5.37. The molecule has 1 aromatic rings. The Bertz CT molecular complexity index is 590. The summed E-state index contributed by atoms with van der Waals surface area (Å²) in [7, 11) is 3.96. The predicted octanol–water partition coefficient (Wildman–Crippen LogP) is 2.39. The second-order valence-electron chi connectivity index (χ2n) is 7.23. The fourth-order valence-corrected chi connectivity index (χ4v) is 3.19. The van der Waals surface area contributed by atoms with Crippen molar-refractivity contribution >= 4 is 5.96 Å². The molecule has 0 aliphatic carbocycles. The first-order chi connectivity index (χ1) is 12.5. The van der Waals surface area contributed by atoms with Crippen molar-refractivity contribution in [3.63, 3.8) is 0 Å². The number of aliphatic imine (C=N–C) groups is 1. The van der Waals surface area contributed by atoms with Gasteiger partial charge in [0.15, 0.2) is 5.96 Å². The zero-order valence-corrected chi connectivity index (χ0v) is 16.7. The molecule has 26 heavy (non-hydrogen) atoms. The number of rotatable bonds is 6. The summed E-state index contributed by atoms with van der Waals surface area (Å²) in [5.74, 6) is 0.594. The lowest BCUT2D eigenvalue weighted by molar-refractivity contribution is 0.274. The molecule has 1 aliphatic heterocycles. The molecule has 1 saturated heterocycles. The average molecular weight is 364 g/mol. The van der Waals surface area contributed by atoms with E-state index in [1.807, 2.05) is 19.1 Å². The van der Waals surface area contributed by atoms with Crippen molar-refractivity contribution in [2.24, 2.45) is 4.99 Å². The van der Waals surface area contributed by atoms with Crippen molar-refractivity contribution in [1.82, 2.24) is 20.4 Å². The first-order valence-electron chi connectivity index (χ1n) is 9.63. The highest BCUT2D eigenvalue weighted by atomic mass is 19.1. The van der Waals surface area contributed by atoms with Crippen LogP contribution in [0.2, 0.25) is 0 Å². The highest BCUT2D eigenvalue weighted by Crippen LogP contribution is 2.16. The fraction of sp³-hybridized carbons (Fsp3) is 0.650. The Morgan fingerprint density at radius 2 is 2.08 bits per heavy atom. The molecule has 6 heteroatoms. The molecule has 0 amide bonds. The Balaban J connectivity index is 1.72. The van der Waals surface area contributed by atoms with Crippen LogP contribution in [0.5, 0.6) is 0 Å². The number of likely N-dealkylation sites (N-methyl/N-ethyl adjacent to an activating group) is 1. The molecule has 1 aromatic carbocycles. The quantitative estimate of drug-likeness (QED) is 0.463. The minimum absolute atomic E-state index is 0.00237. The second-order valence-corrected chi connectivity index (χ2v) is 7.23. The number of halogens is 1. The van der Waals surface area contributed by atoms with Gasteiger partial charge in [0.25, 0.3) is 0 Å². The molecule has 1 heterocycles. The van der Waals surface area contributed by atoms with Crippen molar-refractivity contribution in [3.8, 4) is 0 Å². The molecule has 2 rings (SSSR count). The van der Waals surface area contributed by atoms with Gasteiger partial charge in [-0.1, -0.05) is 12.1 Å². The van der Waals surface area contributed by atoms with E-state index in [1.165, 1.54) is 19.5 Å². The third kappa shape index (κ3) is 6.57. The molecule has 0 aromatic heterocycles. The van der Waals surface area contributed by atoms with Crippen LogP contribution in [0.25, 0.3) is 0 Å². The molecule has 0 saturated carbocycles. The topological polar surface area (TPSA) is 42.9 Å². The third-order valence-corrected chi connectivity index (χ3v) is 5.03. The van der Waals surface area contributed by atoms with Crippen LogP contribution in [-0.4, -0.2) is 69.1 Å². The van der Waals surface area contributed by atoms with Gasteiger partial charge >= 0.3 is 0 Å². The van der Waals surface area contributed by atoms with Crippen LogP contribution in [0.3, 0.4) is 0 Å². The molecule has 5 nitrogen and oxygen atoms in total. The van der Waals surface area contributed by atoms with Crippen molar-refractivity contribution < 1.29 is 4.39 Å². The van der Waals surface area contributed by atoms with Crippen LogP contribution in [0, 0.1) is 12.7 Å². The SMILES string of the molecule is CN=C(NCCCN1CCCN(C)CC1)NC(C)c1ccc(C)c(F)c1. The summed E-state index contributed by atoms with van der Waals surface area (Å²) in [5, 5.41) is 6.70. The van der Waals surface area contributed by atoms with E-state index in [1.54, 1.807) is 20.0 Å². The van der Waals surface area contributed by atoms with Crippen LogP contribution in [0.4, 0.5) is 4.39 Å². The van der Waals surface area contributed by atoms with Gasteiger partial charge in [-0.05, 0) is 70.6 Å². The Labute approximate surface area is 157 Å². The van der Waals surface area contributed by atoms with Crippen LogP contribution < -0.4 is 10.6 Å². The Morgan fingerprint density at radius 3 is 2.81 bits per heavy atom. The number of benzene rings is 1. The lowest BCUT2D eigenvalue weighted by Crippen LogP contribution is -2.40. The normalized spacial score (nSPS) is 18.4. The lowest BCUT2D eigenvalue weighted by Gasteiger charge is -2.21. The zero-order chi connectivity index (χ0) is 18.9. The highest BCUT2D eigenvalue weighted by Gasteiger charge is 2.12. The molecule has 2 N–H and O–H groups in total. The van der Waals surface area contributed by atoms with Gasteiger partial charge in [-0.25, -0.2) is 4.39 Å². The van der Waals surface area contributed by atoms with E-state index >= 15 is 0 Å². The van der Waals surface area contributed by atoms with Crippen molar-refractivity contribution in [1.29, 1.82) is 0 Å². The molecule has 0 bridgehead atoms. The molecule has 146 valence electrons. The maximum Gasteiger partial charge on any atom is 0.191 e. The monoisotopic (exact) mass is 363 g/mol. The average Bonchev–Trinajstić information content (AvgIpc) is 2.84. The predicted molar refractivity (Wildman–Crippen MR) is 107 cm³/mol. The third-order valence-electron chi connectivity index (χ3n) is 5.03. The number of hydrogen-bond donors (Lipinski definition) is 2. The Hall–Kier alpha value is -1.66. The summed E-state index contributed by atoms with van der Waals surface area (Å²) in [5.41, 5.74) is 1.59. The van der Waals surface area contributed by atoms with E-state index in [2.05, 4.69) is 32.5 Å². The van der Waals surface area contributed by atoms with Crippen LogP contribution in [0.1, 0.15) is 36.9 Å². The summed E-state index contributed by atoms with van der Waals surface area (Å²) in [6.07, 6.45) is 2.33. The first-order valence-corrected chi connectivity index (χ1v) is 9.63. The summed E-state index contributed by atoms with van der Waals surface area (Å²) in [6.45, 7) is 10.5. The highest BCUT2D eigenvalue weighted by molar-refractivity contribution is 5.80. The maximum atomic E-state index is 13.8. The van der Waals surface area contributed by atoms with Crippen molar-refractivity contribution in [3.05, 3.63) is 35.1 Å². The standard InChI is InChI=1S/C20H34FN5/c1-16-7-8-18(15-19(16)21)17(2)24-20(22-3)23-9-5-11-26-12-6-10-25(4)13-14-26/h7-8,15,17H,5-6,9-14H2,1-4H3,(H2,22,23,24). The Morgan fingerprint density at radius 1 is 1.27 bits per heavy atom. The van der Waals surface area contributed by atoms with Crippen LogP contribution in [-0.2, 0) is 0 Å². The van der Waals surface area contributed by atoms with E-state index in [0.717, 1.165) is 44.1 Å². The van der Waals surface area contributed by atoms with Crippen molar-refractivity contribution in [2.45, 2.75) is 32.7 Å². The first kappa shape index (κ1) is 20.6. The van der Waals surface area contributed by atoms with Gasteiger partial charge in [-0.3, -0.25) is 4.99 Å². The molecule has 1 unspecified atom stereocenters. The van der Waals surface area contributed by atoms with E-state index < -0.39 is 0 Å². The largest absolute Gasteiger partial charge is 0.356 e. The van der Waals surface area contributed by atoms with E-state index in [4.69, 9.17) is 0 Å². The minimum atomic E-state index is -0.165. The lowest BCUT2D eigenvalue weighted by atomic mass is 10.1. The van der Waals surface area contributed by atoms with Gasteiger partial charge in [0, 0.05) is 26.7 Å². The summed E-state index contributed by atoms with van der Waals surface area (Å²) < 4.78 is 13.8. The van der Waals surface area contributed by atoms with Gasteiger partial charge in [-0.15, -0.1) is 0 Å². The van der Waals surface area contributed by atoms with Crippen molar-refractivity contribution in [2.75, 3.05) is 53.4 Å².